The van der Waals surface area contributed by atoms with Gasteiger partial charge in [0.05, 0.1) is 0 Å². The number of hydrazine groups is 1. The summed E-state index contributed by atoms with van der Waals surface area (Å²) < 4.78 is 35.8. The molecule has 0 rings (SSSR count). The second-order valence-corrected chi connectivity index (χ2v) is 3.86. The highest BCUT2D eigenvalue weighted by Crippen LogP contribution is 2.24. The van der Waals surface area contributed by atoms with Gasteiger partial charge < -0.3 is 0 Å². The maximum atomic E-state index is 11.9. The molecule has 0 aliphatic rings. The number of alkyl halides is 3. The third kappa shape index (κ3) is 6.73. The number of nitrogens with two attached hydrogens (primary N) is 1. The average Bonchev–Trinajstić information content (AvgIpc) is 2.15. The molecule has 0 bridgehead atoms. The van der Waals surface area contributed by atoms with Crippen LogP contribution in [0.2, 0.25) is 0 Å². The van der Waals surface area contributed by atoms with Gasteiger partial charge in [-0.15, -0.1) is 0 Å². The quantitative estimate of drug-likeness (QED) is 0.517. The monoisotopic (exact) mass is 226 g/mol. The highest BCUT2D eigenvalue weighted by atomic mass is 19.4. The van der Waals surface area contributed by atoms with Crippen LogP contribution in [0, 0.1) is 5.92 Å². The lowest BCUT2D eigenvalue weighted by atomic mass is 9.91. The summed E-state index contributed by atoms with van der Waals surface area (Å²) in [6, 6.07) is 0.00218. The van der Waals surface area contributed by atoms with Crippen LogP contribution >= 0.6 is 0 Å². The van der Waals surface area contributed by atoms with Gasteiger partial charge in [0.2, 0.25) is 0 Å². The number of hydrogen-bond acceptors (Lipinski definition) is 2. The van der Waals surface area contributed by atoms with Crippen LogP contribution < -0.4 is 11.3 Å². The number of hydrogen-bond donors (Lipinski definition) is 2. The largest absolute Gasteiger partial charge is 0.389 e. The lowest BCUT2D eigenvalue weighted by molar-refractivity contribution is -0.136. The Morgan fingerprint density at radius 2 is 1.73 bits per heavy atom. The minimum Gasteiger partial charge on any atom is -0.271 e. The van der Waals surface area contributed by atoms with E-state index < -0.39 is 12.6 Å². The van der Waals surface area contributed by atoms with E-state index in [1.807, 2.05) is 13.8 Å². The zero-order valence-corrected chi connectivity index (χ0v) is 9.40. The van der Waals surface area contributed by atoms with Crippen molar-refractivity contribution in [3.63, 3.8) is 0 Å². The van der Waals surface area contributed by atoms with Gasteiger partial charge in [-0.1, -0.05) is 26.7 Å². The first-order valence-electron chi connectivity index (χ1n) is 5.47. The van der Waals surface area contributed by atoms with Gasteiger partial charge in [-0.05, 0) is 18.8 Å². The minimum absolute atomic E-state index is 0.00218. The van der Waals surface area contributed by atoms with Crippen LogP contribution in [0.4, 0.5) is 13.2 Å². The fourth-order valence-corrected chi connectivity index (χ4v) is 1.84. The molecule has 2 nitrogen and oxygen atoms in total. The summed E-state index contributed by atoms with van der Waals surface area (Å²) >= 11 is 0. The first-order chi connectivity index (χ1) is 6.94. The van der Waals surface area contributed by atoms with E-state index in [1.165, 1.54) is 0 Å². The molecule has 0 aromatic carbocycles. The van der Waals surface area contributed by atoms with Crippen LogP contribution in [-0.4, -0.2) is 12.2 Å². The lowest BCUT2D eigenvalue weighted by Crippen LogP contribution is -2.40. The van der Waals surface area contributed by atoms with Crippen LogP contribution in [0.1, 0.15) is 46.0 Å². The smallest absolute Gasteiger partial charge is 0.271 e. The molecular formula is C10H21F3N2. The van der Waals surface area contributed by atoms with E-state index in [1.54, 1.807) is 0 Å². The second kappa shape index (κ2) is 7.06. The molecule has 3 N–H and O–H groups in total. The summed E-state index contributed by atoms with van der Waals surface area (Å²) in [5, 5.41) is 0. The van der Waals surface area contributed by atoms with Crippen molar-refractivity contribution in [2.45, 2.75) is 58.2 Å². The topological polar surface area (TPSA) is 38.0 Å². The van der Waals surface area contributed by atoms with E-state index in [4.69, 9.17) is 5.84 Å². The predicted molar refractivity (Wildman–Crippen MR) is 55.1 cm³/mol. The van der Waals surface area contributed by atoms with Crippen LogP contribution in [0.25, 0.3) is 0 Å². The van der Waals surface area contributed by atoms with Gasteiger partial charge in [-0.25, -0.2) is 0 Å². The highest BCUT2D eigenvalue weighted by molar-refractivity contribution is 4.73. The van der Waals surface area contributed by atoms with Gasteiger partial charge >= 0.3 is 6.18 Å². The third-order valence-electron chi connectivity index (χ3n) is 2.81. The molecular weight excluding hydrogens is 205 g/mol. The fourth-order valence-electron chi connectivity index (χ4n) is 1.84. The summed E-state index contributed by atoms with van der Waals surface area (Å²) in [6.45, 7) is 4.06. The molecule has 0 saturated heterocycles. The molecule has 0 radical (unpaired) electrons. The highest BCUT2D eigenvalue weighted by Gasteiger charge is 2.27. The summed E-state index contributed by atoms with van der Waals surface area (Å²) in [6.07, 6.45) is -2.25. The number of halogens is 3. The Balaban J connectivity index is 3.89. The first-order valence-corrected chi connectivity index (χ1v) is 5.47. The molecule has 15 heavy (non-hydrogen) atoms. The zero-order chi connectivity index (χ0) is 11.9. The van der Waals surface area contributed by atoms with E-state index in [2.05, 4.69) is 5.43 Å². The van der Waals surface area contributed by atoms with Crippen molar-refractivity contribution in [1.82, 2.24) is 5.43 Å². The van der Waals surface area contributed by atoms with E-state index in [9.17, 15) is 13.2 Å². The van der Waals surface area contributed by atoms with Crippen LogP contribution in [0.15, 0.2) is 0 Å². The van der Waals surface area contributed by atoms with Crippen LogP contribution in [-0.2, 0) is 0 Å². The van der Waals surface area contributed by atoms with Crippen molar-refractivity contribution in [3.05, 3.63) is 0 Å². The van der Waals surface area contributed by atoms with Crippen molar-refractivity contribution >= 4 is 0 Å². The molecule has 0 aliphatic heterocycles. The Morgan fingerprint density at radius 3 is 2.07 bits per heavy atom. The lowest BCUT2D eigenvalue weighted by Gasteiger charge is -2.24. The molecule has 1 atom stereocenters. The van der Waals surface area contributed by atoms with Crippen molar-refractivity contribution in [2.75, 3.05) is 0 Å². The van der Waals surface area contributed by atoms with Crippen molar-refractivity contribution in [2.24, 2.45) is 11.8 Å². The third-order valence-corrected chi connectivity index (χ3v) is 2.81. The summed E-state index contributed by atoms with van der Waals surface area (Å²) in [5.41, 5.74) is 2.62. The maximum Gasteiger partial charge on any atom is 0.389 e. The van der Waals surface area contributed by atoms with Crippen molar-refractivity contribution < 1.29 is 13.2 Å². The first kappa shape index (κ1) is 14.7. The molecule has 0 aromatic rings. The van der Waals surface area contributed by atoms with Gasteiger partial charge in [-0.2, -0.15) is 13.2 Å². The van der Waals surface area contributed by atoms with E-state index in [0.29, 0.717) is 12.3 Å². The van der Waals surface area contributed by atoms with E-state index in [0.717, 1.165) is 12.8 Å². The fraction of sp³-hybridized carbons (Fsp3) is 1.00. The van der Waals surface area contributed by atoms with Gasteiger partial charge in [0.1, 0.15) is 0 Å². The van der Waals surface area contributed by atoms with E-state index in [-0.39, 0.29) is 12.5 Å². The van der Waals surface area contributed by atoms with E-state index >= 15 is 0 Å². The Bertz CT molecular complexity index is 155. The molecule has 92 valence electrons. The molecule has 0 fully saturated rings. The molecule has 0 spiro atoms. The van der Waals surface area contributed by atoms with Gasteiger partial charge in [-0.3, -0.25) is 11.3 Å². The minimum atomic E-state index is -4.05. The normalized spacial score (nSPS) is 14.6. The van der Waals surface area contributed by atoms with Gasteiger partial charge in [0.25, 0.3) is 0 Å². The SMILES string of the molecule is CCC(CC)C(CCCC(F)(F)F)NN. The zero-order valence-electron chi connectivity index (χ0n) is 9.40. The van der Waals surface area contributed by atoms with Crippen molar-refractivity contribution in [1.29, 1.82) is 0 Å². The number of rotatable bonds is 7. The molecule has 0 saturated carbocycles. The molecule has 1 unspecified atom stereocenters. The molecule has 5 heteroatoms. The molecule has 0 heterocycles. The second-order valence-electron chi connectivity index (χ2n) is 3.86. The van der Waals surface area contributed by atoms with Crippen LogP contribution in [0.5, 0.6) is 0 Å². The van der Waals surface area contributed by atoms with Gasteiger partial charge in [0.15, 0.2) is 0 Å². The number of nitrogens with one attached hydrogen (secondary N) is 1. The van der Waals surface area contributed by atoms with Crippen molar-refractivity contribution in [3.8, 4) is 0 Å². The summed E-state index contributed by atoms with van der Waals surface area (Å²) in [4.78, 5) is 0. The Labute approximate surface area is 89.4 Å². The van der Waals surface area contributed by atoms with Gasteiger partial charge in [0, 0.05) is 12.5 Å². The Kier molecular flexibility index (Phi) is 6.92. The Morgan fingerprint density at radius 1 is 1.20 bits per heavy atom. The molecule has 0 amide bonds. The summed E-state index contributed by atoms with van der Waals surface area (Å²) in [7, 11) is 0. The van der Waals surface area contributed by atoms with Crippen LogP contribution in [0.3, 0.4) is 0 Å². The molecule has 0 aromatic heterocycles. The predicted octanol–water partition coefficient (Wildman–Crippen LogP) is 2.99. The standard InChI is InChI=1S/C10H21F3N2/c1-3-8(4-2)9(15-14)6-5-7-10(11,12)13/h8-9,15H,3-7,14H2,1-2H3. The average molecular weight is 226 g/mol. The maximum absolute atomic E-state index is 11.9. The summed E-state index contributed by atoms with van der Waals surface area (Å²) in [5.74, 6) is 5.71. The molecule has 0 aliphatic carbocycles. The Hall–Kier alpha value is -0.290.